The molecule has 2 aromatic carbocycles. The summed E-state index contributed by atoms with van der Waals surface area (Å²) in [5, 5.41) is 3.43. The zero-order chi connectivity index (χ0) is 13.7. The van der Waals surface area contributed by atoms with Gasteiger partial charge in [0.05, 0.1) is 6.04 Å². The van der Waals surface area contributed by atoms with Crippen LogP contribution < -0.4 is 5.32 Å². The van der Waals surface area contributed by atoms with Crippen LogP contribution in [-0.2, 0) is 6.42 Å². The number of rotatable bonds is 5. The van der Waals surface area contributed by atoms with E-state index in [0.717, 1.165) is 6.42 Å². The van der Waals surface area contributed by atoms with Gasteiger partial charge in [-0.15, -0.1) is 0 Å². The standard InChI is InChI=1S/C18H23N/c1-4-7-15-9-6-11-17(13-15)18(19-3)16-10-5-8-14(2)12-16/h5-6,8-13,18-19H,4,7H2,1-3H3. The van der Waals surface area contributed by atoms with E-state index < -0.39 is 0 Å². The Labute approximate surface area is 116 Å². The zero-order valence-corrected chi connectivity index (χ0v) is 12.1. The summed E-state index contributed by atoms with van der Waals surface area (Å²) in [6.45, 7) is 4.37. The first-order valence-electron chi connectivity index (χ1n) is 7.07. The molecule has 0 aliphatic heterocycles. The molecule has 2 aromatic rings. The second kappa shape index (κ2) is 6.53. The molecule has 1 nitrogen and oxygen atoms in total. The van der Waals surface area contributed by atoms with Gasteiger partial charge in [-0.1, -0.05) is 67.4 Å². The van der Waals surface area contributed by atoms with Crippen molar-refractivity contribution in [2.75, 3.05) is 7.05 Å². The number of benzene rings is 2. The fourth-order valence-electron chi connectivity index (χ4n) is 2.59. The lowest BCUT2D eigenvalue weighted by atomic mass is 9.95. The Morgan fingerprint density at radius 2 is 1.68 bits per heavy atom. The molecule has 0 radical (unpaired) electrons. The van der Waals surface area contributed by atoms with Crippen LogP contribution in [0.25, 0.3) is 0 Å². The molecule has 1 atom stereocenters. The smallest absolute Gasteiger partial charge is 0.0574 e. The predicted molar refractivity (Wildman–Crippen MR) is 82.5 cm³/mol. The topological polar surface area (TPSA) is 12.0 Å². The largest absolute Gasteiger partial charge is 0.309 e. The molecule has 2 rings (SSSR count). The van der Waals surface area contributed by atoms with Crippen LogP contribution >= 0.6 is 0 Å². The highest BCUT2D eigenvalue weighted by Crippen LogP contribution is 2.23. The first-order valence-corrected chi connectivity index (χ1v) is 7.07. The van der Waals surface area contributed by atoms with Crippen molar-refractivity contribution in [1.29, 1.82) is 0 Å². The first-order chi connectivity index (χ1) is 9.24. The van der Waals surface area contributed by atoms with E-state index in [1.165, 1.54) is 28.7 Å². The van der Waals surface area contributed by atoms with Crippen molar-refractivity contribution in [2.24, 2.45) is 0 Å². The average molecular weight is 253 g/mol. The van der Waals surface area contributed by atoms with E-state index in [1.54, 1.807) is 0 Å². The summed E-state index contributed by atoms with van der Waals surface area (Å²) in [7, 11) is 2.03. The van der Waals surface area contributed by atoms with Crippen molar-refractivity contribution in [2.45, 2.75) is 32.7 Å². The third-order valence-corrected chi connectivity index (χ3v) is 3.49. The van der Waals surface area contributed by atoms with Crippen LogP contribution in [0.2, 0.25) is 0 Å². The van der Waals surface area contributed by atoms with Crippen molar-refractivity contribution < 1.29 is 0 Å². The van der Waals surface area contributed by atoms with Crippen LogP contribution in [0.15, 0.2) is 48.5 Å². The summed E-state index contributed by atoms with van der Waals surface area (Å²) in [5.74, 6) is 0. The molecule has 1 N–H and O–H groups in total. The molecular formula is C18H23N. The second-order valence-corrected chi connectivity index (χ2v) is 5.13. The maximum atomic E-state index is 3.43. The van der Waals surface area contributed by atoms with Crippen LogP contribution in [-0.4, -0.2) is 7.05 Å². The lowest BCUT2D eigenvalue weighted by Crippen LogP contribution is -2.17. The summed E-state index contributed by atoms with van der Waals surface area (Å²) < 4.78 is 0. The summed E-state index contributed by atoms with van der Waals surface area (Å²) in [6.07, 6.45) is 2.34. The van der Waals surface area contributed by atoms with Gasteiger partial charge in [0.15, 0.2) is 0 Å². The van der Waals surface area contributed by atoms with Crippen LogP contribution in [0.3, 0.4) is 0 Å². The molecule has 1 unspecified atom stereocenters. The third-order valence-electron chi connectivity index (χ3n) is 3.49. The van der Waals surface area contributed by atoms with Gasteiger partial charge in [0.2, 0.25) is 0 Å². The minimum absolute atomic E-state index is 0.275. The molecule has 0 amide bonds. The Bertz CT molecular complexity index is 531. The van der Waals surface area contributed by atoms with Gasteiger partial charge in [0, 0.05) is 0 Å². The first kappa shape index (κ1) is 13.8. The molecule has 0 bridgehead atoms. The van der Waals surface area contributed by atoms with Gasteiger partial charge in [0.25, 0.3) is 0 Å². The van der Waals surface area contributed by atoms with Crippen LogP contribution in [0, 0.1) is 6.92 Å². The van der Waals surface area contributed by atoms with Crippen molar-refractivity contribution >= 4 is 0 Å². The average Bonchev–Trinajstić information content (AvgIpc) is 2.41. The van der Waals surface area contributed by atoms with Crippen molar-refractivity contribution in [3.05, 3.63) is 70.8 Å². The Hall–Kier alpha value is -1.60. The molecule has 0 fully saturated rings. The third kappa shape index (κ3) is 3.45. The number of hydrogen-bond acceptors (Lipinski definition) is 1. The predicted octanol–water partition coefficient (Wildman–Crippen LogP) is 4.26. The molecule has 0 spiro atoms. The Morgan fingerprint density at radius 3 is 2.32 bits per heavy atom. The van der Waals surface area contributed by atoms with E-state index >= 15 is 0 Å². The summed E-state index contributed by atoms with van der Waals surface area (Å²) in [6, 6.07) is 17.9. The summed E-state index contributed by atoms with van der Waals surface area (Å²) >= 11 is 0. The quantitative estimate of drug-likeness (QED) is 0.839. The molecule has 0 aliphatic rings. The molecule has 0 heterocycles. The van der Waals surface area contributed by atoms with Gasteiger partial charge < -0.3 is 5.32 Å². The van der Waals surface area contributed by atoms with Gasteiger partial charge >= 0.3 is 0 Å². The monoisotopic (exact) mass is 253 g/mol. The van der Waals surface area contributed by atoms with Crippen LogP contribution in [0.1, 0.15) is 41.6 Å². The SMILES string of the molecule is CCCc1cccc(C(NC)c2cccc(C)c2)c1. The Balaban J connectivity index is 2.33. The molecule has 1 heteroatoms. The highest BCUT2D eigenvalue weighted by molar-refractivity contribution is 5.35. The van der Waals surface area contributed by atoms with E-state index in [1.807, 2.05) is 7.05 Å². The fourth-order valence-corrected chi connectivity index (χ4v) is 2.59. The molecule has 0 saturated carbocycles. The van der Waals surface area contributed by atoms with E-state index in [0.29, 0.717) is 0 Å². The maximum Gasteiger partial charge on any atom is 0.0574 e. The highest BCUT2D eigenvalue weighted by Gasteiger charge is 2.12. The molecule has 0 saturated heterocycles. The van der Waals surface area contributed by atoms with Crippen LogP contribution in [0.4, 0.5) is 0 Å². The van der Waals surface area contributed by atoms with E-state index in [9.17, 15) is 0 Å². The van der Waals surface area contributed by atoms with Crippen LogP contribution in [0.5, 0.6) is 0 Å². The number of hydrogen-bond donors (Lipinski definition) is 1. The normalized spacial score (nSPS) is 12.4. The molecular weight excluding hydrogens is 230 g/mol. The Kier molecular flexibility index (Phi) is 4.75. The van der Waals surface area contributed by atoms with Gasteiger partial charge in [-0.05, 0) is 37.1 Å². The molecule has 0 aromatic heterocycles. The Morgan fingerprint density at radius 1 is 1.00 bits per heavy atom. The molecule has 100 valence electrons. The van der Waals surface area contributed by atoms with Gasteiger partial charge in [-0.25, -0.2) is 0 Å². The van der Waals surface area contributed by atoms with Gasteiger partial charge in [-0.2, -0.15) is 0 Å². The van der Waals surface area contributed by atoms with Crippen molar-refractivity contribution in [1.82, 2.24) is 5.32 Å². The van der Waals surface area contributed by atoms with Crippen molar-refractivity contribution in [3.8, 4) is 0 Å². The van der Waals surface area contributed by atoms with E-state index in [4.69, 9.17) is 0 Å². The minimum Gasteiger partial charge on any atom is -0.309 e. The van der Waals surface area contributed by atoms with Gasteiger partial charge in [0.1, 0.15) is 0 Å². The van der Waals surface area contributed by atoms with E-state index in [-0.39, 0.29) is 6.04 Å². The lowest BCUT2D eigenvalue weighted by molar-refractivity contribution is 0.689. The molecule has 19 heavy (non-hydrogen) atoms. The zero-order valence-electron chi connectivity index (χ0n) is 12.1. The second-order valence-electron chi connectivity index (χ2n) is 5.13. The summed E-state index contributed by atoms with van der Waals surface area (Å²) in [5.41, 5.74) is 5.41. The van der Waals surface area contributed by atoms with Crippen molar-refractivity contribution in [3.63, 3.8) is 0 Å². The highest BCUT2D eigenvalue weighted by atomic mass is 14.9. The summed E-state index contributed by atoms with van der Waals surface area (Å²) in [4.78, 5) is 0. The fraction of sp³-hybridized carbons (Fsp3) is 0.333. The van der Waals surface area contributed by atoms with E-state index in [2.05, 4.69) is 67.7 Å². The minimum atomic E-state index is 0.275. The molecule has 0 aliphatic carbocycles. The number of aryl methyl sites for hydroxylation is 2. The number of nitrogens with one attached hydrogen (secondary N) is 1. The maximum absolute atomic E-state index is 3.43. The lowest BCUT2D eigenvalue weighted by Gasteiger charge is -2.18. The van der Waals surface area contributed by atoms with Gasteiger partial charge in [-0.3, -0.25) is 0 Å².